The highest BCUT2D eigenvalue weighted by Crippen LogP contribution is 2.42. The van der Waals surface area contributed by atoms with Gasteiger partial charge >= 0.3 is 18.3 Å². The second-order valence-electron chi connectivity index (χ2n) is 36.5. The number of nitrogens with two attached hydrogens (primary N) is 1. The lowest BCUT2D eigenvalue weighted by Gasteiger charge is -2.44. The summed E-state index contributed by atoms with van der Waals surface area (Å²) in [5.41, 5.74) is 5.94. The first-order valence-electron chi connectivity index (χ1n) is 46.6. The van der Waals surface area contributed by atoms with Crippen molar-refractivity contribution >= 4 is 99.4 Å². The van der Waals surface area contributed by atoms with Crippen LogP contribution in [0.25, 0.3) is 22.3 Å². The Morgan fingerprint density at radius 3 is 1.33 bits per heavy atom. The number of piperidine rings is 2. The number of benzene rings is 6. The third-order valence-electron chi connectivity index (χ3n) is 27.0. The summed E-state index contributed by atoms with van der Waals surface area (Å²) in [4.78, 5) is 197. The van der Waals surface area contributed by atoms with Crippen LogP contribution in [-0.2, 0) is 60.6 Å². The van der Waals surface area contributed by atoms with Crippen LogP contribution in [0.4, 0.5) is 63.6 Å². The lowest BCUT2D eigenvalue weighted by molar-refractivity contribution is -0.138. The Bertz CT molecular complexity index is 6250. The van der Waals surface area contributed by atoms with Crippen molar-refractivity contribution in [1.82, 2.24) is 65.1 Å². The Balaban J connectivity index is 0.000000189. The summed E-state index contributed by atoms with van der Waals surface area (Å²) in [5, 5.41) is 24.4. The molecule has 8 aliphatic heterocycles. The number of aromatic amines is 2. The fourth-order valence-electron chi connectivity index (χ4n) is 19.0. The largest absolute Gasteiger partial charge is 0.481 e. The van der Waals surface area contributed by atoms with Gasteiger partial charge in [0.05, 0.1) is 67.3 Å². The van der Waals surface area contributed by atoms with E-state index in [-0.39, 0.29) is 114 Å². The van der Waals surface area contributed by atoms with E-state index in [1.165, 1.54) is 24.3 Å². The molecule has 8 aromatic rings. The standard InChI is InChI=1S/C49H54F4N10O7.C33H41F4N7O2.C17H16N2O6/c1-28-25-62(26-29(2)59(28)3)39-10-8-31(22-38(39)57-45(67)34-24-56-43(66)23-35(34)49(51,52)53)33-21-30(7-9-36(33)50)27-61-19-17-60(18-20-61)16-15-55-41(64)13-14-54-37-6-4-5-32-44(37)48(70)63(47(32)69)40-11-12-42(65)58-46(40)68;1-21-18-44(19-22(2)41(21)3)30-7-5-24(15-29(30)40-32(46)26-17-39-31(45)16-27(26)33(35,36)37)25-14-23(4-6-28(25)34)20-43-12-10-42(9-8-38)11-13-43;20-12-8-7-11(15(23)18-12)19-16(24)10-5-1-3-9(14(10)17(19)25)4-2-6-13(21)22/h4-10,21-24,28-29,40,54H,11-20,25-27H2,1-3H3,(H,55,64)(H,56,66)(H,57,67)(H,58,65,68);4-7,14-17,21-22H,8-13,18-20,38H2,1-3H3,(H,39,45)(H,40,46);1,3,5,11H,2,4,6-8H2,(H,21,22)(H,18,20,23)/t28-,29+,40?;21-,22+;. The minimum absolute atomic E-state index is 0.0112. The Kier molecular flexibility index (Phi) is 32.4. The molecule has 34 nitrogen and oxygen atoms in total. The average Bonchev–Trinajstić information content (AvgIpc) is 1.67. The van der Waals surface area contributed by atoms with E-state index in [2.05, 4.69) is 90.0 Å². The third kappa shape index (κ3) is 24.3. The summed E-state index contributed by atoms with van der Waals surface area (Å²) >= 11 is 0. The number of hydrogen-bond donors (Lipinski definition) is 10. The molecule has 2 aromatic heterocycles. The number of pyridine rings is 2. The summed E-state index contributed by atoms with van der Waals surface area (Å²) in [6.07, 6.45) is -7.43. The summed E-state index contributed by atoms with van der Waals surface area (Å²) in [6, 6.07) is 28.7. The fraction of sp³-hybridized carbons (Fsp3) is 0.414. The zero-order chi connectivity index (χ0) is 101. The first kappa shape index (κ1) is 103. The molecule has 6 fully saturated rings. The van der Waals surface area contributed by atoms with Crippen molar-refractivity contribution < 1.29 is 97.8 Å². The van der Waals surface area contributed by atoms with Gasteiger partial charge in [0.2, 0.25) is 40.7 Å². The molecule has 11 amide bonds. The number of aliphatic carboxylic acids is 1. The van der Waals surface area contributed by atoms with Gasteiger partial charge in [0.1, 0.15) is 23.7 Å². The van der Waals surface area contributed by atoms with Crippen LogP contribution in [0, 0.1) is 11.6 Å². The van der Waals surface area contributed by atoms with Crippen LogP contribution in [0.1, 0.15) is 163 Å². The maximum absolute atomic E-state index is 15.7. The van der Waals surface area contributed by atoms with Gasteiger partial charge in [-0.05, 0) is 162 Å². The lowest BCUT2D eigenvalue weighted by atomic mass is 9.98. The molecule has 0 spiro atoms. The highest BCUT2D eigenvalue weighted by atomic mass is 19.4. The number of imide groups is 4. The lowest BCUT2D eigenvalue weighted by Crippen LogP contribution is -2.55. The maximum atomic E-state index is 15.7. The molecule has 0 radical (unpaired) electrons. The van der Waals surface area contributed by atoms with E-state index >= 15 is 8.78 Å². The van der Waals surface area contributed by atoms with E-state index in [0.717, 1.165) is 66.0 Å². The molecule has 0 bridgehead atoms. The maximum Gasteiger partial charge on any atom is 0.417 e. The number of fused-ring (bicyclic) bond motifs is 2. The molecule has 2 unspecified atom stereocenters. The number of H-pyrrole nitrogens is 2. The van der Waals surface area contributed by atoms with Gasteiger partial charge in [0.25, 0.3) is 35.4 Å². The predicted octanol–water partition coefficient (Wildman–Crippen LogP) is 8.67. The van der Waals surface area contributed by atoms with Gasteiger partial charge < -0.3 is 51.9 Å². The number of nitrogens with zero attached hydrogens (tertiary/aromatic N) is 10. The normalized spacial score (nSPS) is 20.2. The molecule has 0 aliphatic carbocycles. The van der Waals surface area contributed by atoms with E-state index in [4.69, 9.17) is 10.8 Å². The van der Waals surface area contributed by atoms with Gasteiger partial charge in [-0.15, -0.1) is 0 Å². The highest BCUT2D eigenvalue weighted by Gasteiger charge is 2.49. The van der Waals surface area contributed by atoms with Gasteiger partial charge in [0, 0.05) is 216 Å². The number of aryl methyl sites for hydroxylation is 1. The minimum Gasteiger partial charge on any atom is -0.481 e. The van der Waals surface area contributed by atoms with E-state index in [9.17, 15) is 93.5 Å². The Morgan fingerprint density at radius 2 is 0.901 bits per heavy atom. The van der Waals surface area contributed by atoms with Crippen LogP contribution in [0.3, 0.4) is 0 Å². The van der Waals surface area contributed by atoms with Gasteiger partial charge in [-0.1, -0.05) is 42.5 Å². The zero-order valence-electron chi connectivity index (χ0n) is 78.5. The number of aromatic nitrogens is 2. The summed E-state index contributed by atoms with van der Waals surface area (Å²) in [6.45, 7) is 20.8. The van der Waals surface area contributed by atoms with Gasteiger partial charge in [-0.2, -0.15) is 26.3 Å². The second-order valence-corrected chi connectivity index (χ2v) is 36.5. The van der Waals surface area contributed by atoms with E-state index in [1.807, 2.05) is 32.8 Å². The van der Waals surface area contributed by atoms with E-state index in [1.54, 1.807) is 84.9 Å². The Hall–Kier alpha value is -13.8. The Labute approximate surface area is 805 Å². The fourth-order valence-corrected chi connectivity index (χ4v) is 19.0. The second kappa shape index (κ2) is 44.4. The van der Waals surface area contributed by atoms with Crippen LogP contribution in [-0.4, -0.2) is 287 Å². The number of piperazine rings is 4. The number of halogens is 8. The number of rotatable bonds is 27. The van der Waals surface area contributed by atoms with Crippen molar-refractivity contribution in [1.29, 1.82) is 0 Å². The molecule has 141 heavy (non-hydrogen) atoms. The molecule has 42 heteroatoms. The van der Waals surface area contributed by atoms with Crippen molar-refractivity contribution in [2.45, 2.75) is 141 Å². The van der Waals surface area contributed by atoms with Crippen molar-refractivity contribution in [3.05, 3.63) is 227 Å². The van der Waals surface area contributed by atoms with E-state index in [0.29, 0.717) is 149 Å². The van der Waals surface area contributed by atoms with Gasteiger partial charge in [-0.3, -0.25) is 117 Å². The first-order chi connectivity index (χ1) is 67.1. The van der Waals surface area contributed by atoms with E-state index < -0.39 is 134 Å². The van der Waals surface area contributed by atoms with Crippen LogP contribution in [0.2, 0.25) is 0 Å². The number of carboxylic acids is 1. The average molecular weight is 1960 g/mol. The third-order valence-corrected chi connectivity index (χ3v) is 27.0. The van der Waals surface area contributed by atoms with Gasteiger partial charge in [0.15, 0.2) is 0 Å². The number of carbonyl (C=O) groups is 12. The molecular weight excluding hydrogens is 1850 g/mol. The van der Waals surface area contributed by atoms with Crippen LogP contribution in [0.5, 0.6) is 0 Å². The number of likely N-dealkylation sites (N-methyl/N-ethyl adjacent to an activating group) is 2. The number of amides is 11. The van der Waals surface area contributed by atoms with Gasteiger partial charge in [-0.25, -0.2) is 8.78 Å². The number of nitrogens with one attached hydrogen (secondary N) is 8. The zero-order valence-corrected chi connectivity index (χ0v) is 78.5. The molecule has 8 aliphatic rings. The molecule has 6 atom stereocenters. The number of anilines is 5. The number of alkyl halides is 6. The Morgan fingerprint density at radius 1 is 0.475 bits per heavy atom. The quantitative estimate of drug-likeness (QED) is 0.0170. The monoisotopic (exact) mass is 1960 g/mol. The van der Waals surface area contributed by atoms with Crippen molar-refractivity contribution in [3.63, 3.8) is 0 Å². The van der Waals surface area contributed by atoms with Crippen molar-refractivity contribution in [2.24, 2.45) is 5.73 Å². The van der Waals surface area contributed by atoms with Crippen LogP contribution < -0.4 is 58.6 Å². The minimum atomic E-state index is -4.97. The number of carboxylic acid groups (broad SMARTS) is 1. The summed E-state index contributed by atoms with van der Waals surface area (Å²) in [7, 11) is 4.04. The first-order valence-corrected chi connectivity index (χ1v) is 46.6. The molecule has 6 aromatic carbocycles. The molecule has 10 heterocycles. The van der Waals surface area contributed by atoms with Crippen molar-refractivity contribution in [2.75, 3.05) is 151 Å². The number of hydrogen-bond acceptors (Lipinski definition) is 24. The van der Waals surface area contributed by atoms with Crippen LogP contribution >= 0.6 is 0 Å². The molecular formula is C99H111F8N19O15. The molecule has 11 N–H and O–H groups in total. The summed E-state index contributed by atoms with van der Waals surface area (Å²) < 4.78 is 114. The highest BCUT2D eigenvalue weighted by molar-refractivity contribution is 6.26. The topological polar surface area (TPSA) is 421 Å². The molecule has 748 valence electrons. The number of carbonyl (C=O) groups excluding carboxylic acids is 11. The molecule has 16 rings (SSSR count). The molecule has 0 saturated carbocycles. The smallest absolute Gasteiger partial charge is 0.417 e. The summed E-state index contributed by atoms with van der Waals surface area (Å²) in [5.74, 6) is -8.87. The van der Waals surface area contributed by atoms with Crippen molar-refractivity contribution in [3.8, 4) is 22.3 Å². The SMILES string of the molecule is C[C@@H]1CN(c2ccc(-c3cc(CN4CCN(CCN)CC4)ccc3F)cc2NC(=O)c2c[nH]c(=O)cc2C(F)(F)F)C[C@H](C)N1C.C[C@@H]1CN(c2ccc(-c3cc(CN4CCN(CCNC(=O)CCNc5cccc6c5C(=O)N(C5CCC(=O)NC5=O)C6=O)CC4)ccc3F)cc2NC(=O)c2c[nH]c(=O)cc2C(F)(F)F)C[C@H](C)N1C.O=C(O)CCCc1cccc2c1C(=O)N(C1CCC(=O)NC1=O)C2=O. The molecule has 6 saturated heterocycles. The predicted molar refractivity (Wildman–Crippen MR) is 507 cm³/mol. The van der Waals surface area contributed by atoms with Crippen LogP contribution in [0.15, 0.2) is 143 Å².